The average Bonchev–Trinajstić information content (AvgIpc) is 2.31. The zero-order valence-electron chi connectivity index (χ0n) is 9.11. The number of benzene rings is 1. The Morgan fingerprint density at radius 3 is 2.40 bits per heavy atom. The maximum absolute atomic E-state index is 4.18. The molecule has 1 aromatic rings. The Kier molecular flexibility index (Phi) is 3.90. The van der Waals surface area contributed by atoms with Gasteiger partial charge < -0.3 is 0 Å². The van der Waals surface area contributed by atoms with Crippen molar-refractivity contribution in [2.45, 2.75) is 37.4 Å². The Balaban J connectivity index is 1.91. The molecule has 0 N–H and O–H groups in total. The Hall–Kier alpha value is -0.690. The SMILES string of the molecule is C=C(SC1CCCCC1)c1ccccc1. The van der Waals surface area contributed by atoms with Crippen molar-refractivity contribution in [3.8, 4) is 0 Å². The molecular formula is C14H18S. The molecule has 0 amide bonds. The minimum Gasteiger partial charge on any atom is -0.123 e. The van der Waals surface area contributed by atoms with E-state index in [0.29, 0.717) is 0 Å². The van der Waals surface area contributed by atoms with Gasteiger partial charge in [-0.3, -0.25) is 0 Å². The topological polar surface area (TPSA) is 0 Å². The zero-order chi connectivity index (χ0) is 10.5. The standard InChI is InChI=1S/C14H18S/c1-12(13-8-4-2-5-9-13)15-14-10-6-3-7-11-14/h2,4-5,8-9,14H,1,3,6-7,10-11H2. The second-order valence-corrected chi connectivity index (χ2v) is 5.56. The summed E-state index contributed by atoms with van der Waals surface area (Å²) in [6, 6.07) is 10.5. The summed E-state index contributed by atoms with van der Waals surface area (Å²) in [6.45, 7) is 4.18. The van der Waals surface area contributed by atoms with Gasteiger partial charge in [-0.1, -0.05) is 56.2 Å². The molecule has 1 aliphatic carbocycles. The van der Waals surface area contributed by atoms with Crippen LogP contribution in [0.4, 0.5) is 0 Å². The molecule has 0 unspecified atom stereocenters. The second kappa shape index (κ2) is 5.41. The van der Waals surface area contributed by atoms with E-state index in [1.54, 1.807) is 0 Å². The molecule has 2 rings (SSSR count). The predicted octanol–water partition coefficient (Wildman–Crippen LogP) is 4.72. The maximum atomic E-state index is 4.18. The molecule has 0 bridgehead atoms. The van der Waals surface area contributed by atoms with Crippen molar-refractivity contribution in [2.75, 3.05) is 0 Å². The van der Waals surface area contributed by atoms with Gasteiger partial charge in [-0.05, 0) is 18.4 Å². The van der Waals surface area contributed by atoms with Gasteiger partial charge in [0.15, 0.2) is 0 Å². The molecule has 0 nitrogen and oxygen atoms in total. The normalized spacial score (nSPS) is 17.6. The molecule has 1 aliphatic rings. The molecule has 0 aromatic heterocycles. The van der Waals surface area contributed by atoms with Crippen LogP contribution in [0.3, 0.4) is 0 Å². The van der Waals surface area contributed by atoms with Crippen LogP contribution in [0.25, 0.3) is 4.91 Å². The third-order valence-electron chi connectivity index (χ3n) is 2.96. The van der Waals surface area contributed by atoms with Crippen molar-refractivity contribution in [3.63, 3.8) is 0 Å². The van der Waals surface area contributed by atoms with Crippen LogP contribution in [-0.2, 0) is 0 Å². The molecule has 0 atom stereocenters. The van der Waals surface area contributed by atoms with Gasteiger partial charge in [-0.25, -0.2) is 0 Å². The van der Waals surface area contributed by atoms with Crippen molar-refractivity contribution in [2.24, 2.45) is 0 Å². The van der Waals surface area contributed by atoms with Crippen molar-refractivity contribution < 1.29 is 0 Å². The molecule has 15 heavy (non-hydrogen) atoms. The lowest BCUT2D eigenvalue weighted by Crippen LogP contribution is -2.07. The monoisotopic (exact) mass is 218 g/mol. The Bertz CT molecular complexity index is 309. The number of hydrogen-bond donors (Lipinski definition) is 0. The van der Waals surface area contributed by atoms with Gasteiger partial charge in [-0.2, -0.15) is 0 Å². The highest BCUT2D eigenvalue weighted by Gasteiger charge is 2.15. The molecule has 1 saturated carbocycles. The van der Waals surface area contributed by atoms with Gasteiger partial charge in [0, 0.05) is 10.2 Å². The largest absolute Gasteiger partial charge is 0.123 e. The first-order chi connectivity index (χ1) is 7.36. The quantitative estimate of drug-likeness (QED) is 0.707. The zero-order valence-corrected chi connectivity index (χ0v) is 9.93. The van der Waals surface area contributed by atoms with E-state index in [1.165, 1.54) is 42.6 Å². The maximum Gasteiger partial charge on any atom is 0.00944 e. The minimum atomic E-state index is 0.812. The smallest absolute Gasteiger partial charge is 0.00944 e. The summed E-state index contributed by atoms with van der Waals surface area (Å²) in [5.74, 6) is 0. The van der Waals surface area contributed by atoms with Crippen molar-refractivity contribution >= 4 is 16.7 Å². The van der Waals surface area contributed by atoms with Crippen molar-refractivity contribution in [3.05, 3.63) is 42.5 Å². The van der Waals surface area contributed by atoms with Crippen molar-refractivity contribution in [1.82, 2.24) is 0 Å². The fraction of sp³-hybridized carbons (Fsp3) is 0.429. The summed E-state index contributed by atoms with van der Waals surface area (Å²) in [5, 5.41) is 0.812. The van der Waals surface area contributed by atoms with Gasteiger partial charge in [0.25, 0.3) is 0 Å². The third kappa shape index (κ3) is 3.13. The molecule has 0 heterocycles. The molecule has 0 aliphatic heterocycles. The lowest BCUT2D eigenvalue weighted by atomic mass is 10.0. The van der Waals surface area contributed by atoms with Gasteiger partial charge in [-0.15, -0.1) is 11.8 Å². The van der Waals surface area contributed by atoms with E-state index in [1.807, 2.05) is 11.8 Å². The fourth-order valence-electron chi connectivity index (χ4n) is 2.08. The Labute approximate surface area is 96.8 Å². The van der Waals surface area contributed by atoms with E-state index in [0.717, 1.165) is 5.25 Å². The lowest BCUT2D eigenvalue weighted by Gasteiger charge is -2.21. The van der Waals surface area contributed by atoms with Crippen LogP contribution in [0.5, 0.6) is 0 Å². The van der Waals surface area contributed by atoms with Gasteiger partial charge in [0.1, 0.15) is 0 Å². The predicted molar refractivity (Wildman–Crippen MR) is 69.9 cm³/mol. The van der Waals surface area contributed by atoms with Crippen LogP contribution in [0.15, 0.2) is 36.9 Å². The molecule has 80 valence electrons. The molecule has 1 fully saturated rings. The molecule has 0 radical (unpaired) electrons. The van der Waals surface area contributed by atoms with E-state index in [2.05, 4.69) is 36.9 Å². The number of hydrogen-bond acceptors (Lipinski definition) is 1. The highest BCUT2D eigenvalue weighted by molar-refractivity contribution is 8.08. The summed E-state index contributed by atoms with van der Waals surface area (Å²) >= 11 is 1.98. The highest BCUT2D eigenvalue weighted by atomic mass is 32.2. The first-order valence-corrected chi connectivity index (χ1v) is 6.65. The second-order valence-electron chi connectivity index (χ2n) is 4.17. The fourth-order valence-corrected chi connectivity index (χ4v) is 3.32. The van der Waals surface area contributed by atoms with Crippen molar-refractivity contribution in [1.29, 1.82) is 0 Å². The molecular weight excluding hydrogens is 200 g/mol. The van der Waals surface area contributed by atoms with E-state index in [9.17, 15) is 0 Å². The number of thioether (sulfide) groups is 1. The molecule has 1 heteroatoms. The van der Waals surface area contributed by atoms with Crippen LogP contribution in [-0.4, -0.2) is 5.25 Å². The van der Waals surface area contributed by atoms with Gasteiger partial charge in [0.2, 0.25) is 0 Å². The summed E-state index contributed by atoms with van der Waals surface area (Å²) in [7, 11) is 0. The highest BCUT2D eigenvalue weighted by Crippen LogP contribution is 2.36. The average molecular weight is 218 g/mol. The van der Waals surface area contributed by atoms with Gasteiger partial charge in [0.05, 0.1) is 0 Å². The third-order valence-corrected chi connectivity index (χ3v) is 4.28. The van der Waals surface area contributed by atoms with Crippen LogP contribution in [0.2, 0.25) is 0 Å². The summed E-state index contributed by atoms with van der Waals surface area (Å²) < 4.78 is 0. The van der Waals surface area contributed by atoms with Crippen LogP contribution < -0.4 is 0 Å². The van der Waals surface area contributed by atoms with E-state index < -0.39 is 0 Å². The Morgan fingerprint density at radius 2 is 1.73 bits per heavy atom. The number of rotatable bonds is 3. The van der Waals surface area contributed by atoms with E-state index in [-0.39, 0.29) is 0 Å². The summed E-state index contributed by atoms with van der Waals surface area (Å²) in [6.07, 6.45) is 6.97. The van der Waals surface area contributed by atoms with E-state index >= 15 is 0 Å². The van der Waals surface area contributed by atoms with Crippen LogP contribution >= 0.6 is 11.8 Å². The first kappa shape index (κ1) is 10.8. The van der Waals surface area contributed by atoms with E-state index in [4.69, 9.17) is 0 Å². The van der Waals surface area contributed by atoms with Gasteiger partial charge >= 0.3 is 0 Å². The van der Waals surface area contributed by atoms with Crippen LogP contribution in [0, 0.1) is 0 Å². The molecule has 1 aromatic carbocycles. The first-order valence-electron chi connectivity index (χ1n) is 5.77. The Morgan fingerprint density at radius 1 is 1.07 bits per heavy atom. The minimum absolute atomic E-state index is 0.812. The molecule has 0 saturated heterocycles. The lowest BCUT2D eigenvalue weighted by molar-refractivity contribution is 0.517. The molecule has 0 spiro atoms. The summed E-state index contributed by atoms with van der Waals surface area (Å²) in [5.41, 5.74) is 1.29. The summed E-state index contributed by atoms with van der Waals surface area (Å²) in [4.78, 5) is 1.24. The van der Waals surface area contributed by atoms with Crippen LogP contribution in [0.1, 0.15) is 37.7 Å².